The maximum absolute atomic E-state index is 11.7. The first kappa shape index (κ1) is 14.7. The fourth-order valence-corrected chi connectivity index (χ4v) is 1.33. The monoisotopic (exact) mass is 266 g/mol. The van der Waals surface area contributed by atoms with Gasteiger partial charge in [0.2, 0.25) is 5.75 Å². The first-order chi connectivity index (χ1) is 9.02. The molecule has 6 nitrogen and oxygen atoms in total. The molecule has 0 saturated heterocycles. The third kappa shape index (κ3) is 3.30. The summed E-state index contributed by atoms with van der Waals surface area (Å²) in [6.45, 7) is 1.50. The van der Waals surface area contributed by atoms with Crippen molar-refractivity contribution in [2.24, 2.45) is 0 Å². The maximum Gasteiger partial charge on any atom is 0.339 e. The van der Waals surface area contributed by atoms with Gasteiger partial charge in [0, 0.05) is 0 Å². The molecule has 1 rings (SSSR count). The summed E-state index contributed by atoms with van der Waals surface area (Å²) >= 11 is 0. The number of carbonyl (C=O) groups is 1. The summed E-state index contributed by atoms with van der Waals surface area (Å²) < 4.78 is 4.87. The Morgan fingerprint density at radius 1 is 1.32 bits per heavy atom. The minimum absolute atomic E-state index is 0.175. The van der Waals surface area contributed by atoms with Crippen LogP contribution in [0.1, 0.15) is 29.3 Å². The number of aliphatic hydroxyl groups excluding tert-OH is 1. The second-order valence-electron chi connectivity index (χ2n) is 3.61. The lowest BCUT2D eigenvalue weighted by molar-refractivity contribution is 0.0503. The van der Waals surface area contributed by atoms with Gasteiger partial charge >= 0.3 is 5.97 Å². The number of aromatic hydroxyl groups is 3. The van der Waals surface area contributed by atoms with Gasteiger partial charge in [-0.05, 0) is 12.5 Å². The van der Waals surface area contributed by atoms with Gasteiger partial charge in [-0.2, -0.15) is 0 Å². The minimum atomic E-state index is -0.783. The molecule has 0 fully saturated rings. The Hall–Kier alpha value is -2.39. The normalized spacial score (nSPS) is 9.58. The van der Waals surface area contributed by atoms with Crippen LogP contribution in [0.2, 0.25) is 0 Å². The summed E-state index contributed by atoms with van der Waals surface area (Å²) in [6.07, 6.45) is 0.611. The largest absolute Gasteiger partial charge is 0.504 e. The quantitative estimate of drug-likeness (QED) is 0.365. The van der Waals surface area contributed by atoms with E-state index < -0.39 is 29.8 Å². The maximum atomic E-state index is 11.7. The molecule has 0 aliphatic carbocycles. The lowest BCUT2D eigenvalue weighted by atomic mass is 10.0. The van der Waals surface area contributed by atoms with E-state index >= 15 is 0 Å². The highest BCUT2D eigenvalue weighted by atomic mass is 16.5. The van der Waals surface area contributed by atoms with E-state index in [4.69, 9.17) is 9.84 Å². The van der Waals surface area contributed by atoms with E-state index in [1.54, 1.807) is 0 Å². The Labute approximate surface area is 109 Å². The number of esters is 1. The molecule has 0 spiro atoms. The molecule has 4 N–H and O–H groups in total. The number of ether oxygens (including phenoxy) is 1. The van der Waals surface area contributed by atoms with Gasteiger partial charge in [-0.1, -0.05) is 18.8 Å². The fraction of sp³-hybridized carbons (Fsp3) is 0.308. The molecule has 19 heavy (non-hydrogen) atoms. The zero-order chi connectivity index (χ0) is 14.4. The number of carbonyl (C=O) groups excluding carboxylic acids is 1. The van der Waals surface area contributed by atoms with Gasteiger partial charge in [0.15, 0.2) is 11.5 Å². The van der Waals surface area contributed by atoms with Gasteiger partial charge in [-0.25, -0.2) is 4.79 Å². The van der Waals surface area contributed by atoms with Gasteiger partial charge < -0.3 is 25.2 Å². The van der Waals surface area contributed by atoms with Crippen molar-refractivity contribution in [1.29, 1.82) is 0 Å². The van der Waals surface area contributed by atoms with E-state index in [0.717, 1.165) is 6.07 Å². The van der Waals surface area contributed by atoms with Crippen molar-refractivity contribution >= 4 is 5.97 Å². The number of benzene rings is 1. The highest BCUT2D eigenvalue weighted by Gasteiger charge is 2.21. The van der Waals surface area contributed by atoms with E-state index in [2.05, 4.69) is 11.8 Å². The second kappa shape index (κ2) is 6.52. The lowest BCUT2D eigenvalue weighted by Gasteiger charge is -2.09. The van der Waals surface area contributed by atoms with Crippen molar-refractivity contribution in [3.63, 3.8) is 0 Å². The number of rotatable bonds is 3. The molecule has 0 heterocycles. The van der Waals surface area contributed by atoms with Crippen molar-refractivity contribution in [3.05, 3.63) is 17.2 Å². The smallest absolute Gasteiger partial charge is 0.339 e. The van der Waals surface area contributed by atoms with Crippen LogP contribution in [0.15, 0.2) is 6.07 Å². The zero-order valence-corrected chi connectivity index (χ0v) is 10.3. The first-order valence-corrected chi connectivity index (χ1v) is 5.57. The van der Waals surface area contributed by atoms with Crippen molar-refractivity contribution in [2.75, 3.05) is 13.2 Å². The fourth-order valence-electron chi connectivity index (χ4n) is 1.33. The Balaban J connectivity index is 3.32. The molecule has 6 heteroatoms. The van der Waals surface area contributed by atoms with Gasteiger partial charge in [0.1, 0.15) is 6.61 Å². The molecule has 102 valence electrons. The Morgan fingerprint density at radius 3 is 2.58 bits per heavy atom. The molecule has 1 aromatic carbocycles. The van der Waals surface area contributed by atoms with E-state index in [9.17, 15) is 20.1 Å². The molecule has 1 aromatic rings. The van der Waals surface area contributed by atoms with Crippen molar-refractivity contribution in [3.8, 4) is 29.1 Å². The first-order valence-electron chi connectivity index (χ1n) is 5.57. The van der Waals surface area contributed by atoms with Gasteiger partial charge in [0.25, 0.3) is 0 Å². The van der Waals surface area contributed by atoms with Crippen LogP contribution in [-0.4, -0.2) is 39.6 Å². The van der Waals surface area contributed by atoms with E-state index in [-0.39, 0.29) is 17.7 Å². The summed E-state index contributed by atoms with van der Waals surface area (Å²) in [5, 5.41) is 37.1. The predicted molar refractivity (Wildman–Crippen MR) is 66.0 cm³/mol. The van der Waals surface area contributed by atoms with Crippen molar-refractivity contribution < 1.29 is 30.0 Å². The Morgan fingerprint density at radius 2 is 2.00 bits per heavy atom. The molecule has 0 atom stereocenters. The molecular weight excluding hydrogens is 252 g/mol. The zero-order valence-electron chi connectivity index (χ0n) is 10.3. The van der Waals surface area contributed by atoms with Gasteiger partial charge in [-0.3, -0.25) is 0 Å². The SMILES string of the molecule is CCCOC(=O)c1cc(O)c(O)c(O)c1C#CCO. The van der Waals surface area contributed by atoms with Crippen LogP contribution in [-0.2, 0) is 4.74 Å². The van der Waals surface area contributed by atoms with Crippen LogP contribution in [0.5, 0.6) is 17.2 Å². The van der Waals surface area contributed by atoms with Gasteiger partial charge in [0.05, 0.1) is 17.7 Å². The number of hydrogen-bond acceptors (Lipinski definition) is 6. The molecule has 0 unspecified atom stereocenters. The van der Waals surface area contributed by atoms with Crippen molar-refractivity contribution in [1.82, 2.24) is 0 Å². The van der Waals surface area contributed by atoms with Crippen LogP contribution < -0.4 is 0 Å². The molecule has 0 aromatic heterocycles. The van der Waals surface area contributed by atoms with Crippen molar-refractivity contribution in [2.45, 2.75) is 13.3 Å². The molecule has 0 aliphatic rings. The number of phenols is 3. The molecular formula is C13H14O6. The summed E-state index contributed by atoms with van der Waals surface area (Å²) in [7, 11) is 0. The van der Waals surface area contributed by atoms with E-state index in [0.29, 0.717) is 6.42 Å². The average molecular weight is 266 g/mol. The summed E-state index contributed by atoms with van der Waals surface area (Å²) in [5.74, 6) is 1.63. The third-order valence-electron chi connectivity index (χ3n) is 2.20. The van der Waals surface area contributed by atoms with Crippen LogP contribution in [0.4, 0.5) is 0 Å². The van der Waals surface area contributed by atoms with Crippen LogP contribution in [0.25, 0.3) is 0 Å². The predicted octanol–water partition coefficient (Wildman–Crippen LogP) is 0.714. The van der Waals surface area contributed by atoms with Crippen LogP contribution in [0.3, 0.4) is 0 Å². The van der Waals surface area contributed by atoms with Crippen LogP contribution >= 0.6 is 0 Å². The Bertz CT molecular complexity index is 538. The highest BCUT2D eigenvalue weighted by Crippen LogP contribution is 2.39. The molecule has 0 saturated carbocycles. The number of hydrogen-bond donors (Lipinski definition) is 4. The summed E-state index contributed by atoms with van der Waals surface area (Å²) in [5.41, 5.74) is -0.382. The Kier molecular flexibility index (Phi) is 5.03. The van der Waals surface area contributed by atoms with E-state index in [1.807, 2.05) is 6.92 Å². The molecule has 0 amide bonds. The second-order valence-corrected chi connectivity index (χ2v) is 3.61. The summed E-state index contributed by atoms with van der Waals surface area (Å²) in [6, 6.07) is 0.953. The minimum Gasteiger partial charge on any atom is -0.504 e. The third-order valence-corrected chi connectivity index (χ3v) is 2.20. The summed E-state index contributed by atoms with van der Waals surface area (Å²) in [4.78, 5) is 11.7. The average Bonchev–Trinajstić information content (AvgIpc) is 2.40. The van der Waals surface area contributed by atoms with Gasteiger partial charge in [-0.15, -0.1) is 0 Å². The number of aliphatic hydroxyl groups is 1. The molecule has 0 bridgehead atoms. The van der Waals surface area contributed by atoms with E-state index in [1.165, 1.54) is 0 Å². The number of phenolic OH excluding ortho intramolecular Hbond substituents is 3. The molecule has 0 aliphatic heterocycles. The standard InChI is InChI=1S/C13H14O6/c1-2-6-19-13(18)9-7-10(15)12(17)11(16)8(9)4-3-5-14/h7,14-17H,2,5-6H2,1H3. The topological polar surface area (TPSA) is 107 Å². The van der Waals surface area contributed by atoms with Crippen LogP contribution in [0, 0.1) is 11.8 Å². The molecule has 0 radical (unpaired) electrons. The highest BCUT2D eigenvalue weighted by molar-refractivity contribution is 5.94. The lowest BCUT2D eigenvalue weighted by Crippen LogP contribution is -2.08.